The number of halogens is 1. The van der Waals surface area contributed by atoms with Crippen LogP contribution in [0, 0.1) is 36.5 Å². The fourth-order valence-corrected chi connectivity index (χ4v) is 2.98. The fraction of sp³-hybridized carbons (Fsp3) is 0.100. The number of nitriles is 2. The molecule has 7 nitrogen and oxygen atoms in total. The van der Waals surface area contributed by atoms with Crippen LogP contribution in [0.1, 0.15) is 22.3 Å². The number of anilines is 5. The van der Waals surface area contributed by atoms with E-state index in [2.05, 4.69) is 48.7 Å². The van der Waals surface area contributed by atoms with Crippen LogP contribution < -0.4 is 16.4 Å². The maximum absolute atomic E-state index is 9.12. The summed E-state index contributed by atoms with van der Waals surface area (Å²) in [6.45, 7) is 3.84. The minimum atomic E-state index is 0.276. The molecule has 0 fully saturated rings. The van der Waals surface area contributed by atoms with Gasteiger partial charge in [-0.1, -0.05) is 0 Å². The molecular formula is C20H16BrN7. The van der Waals surface area contributed by atoms with Gasteiger partial charge in [-0.05, 0) is 77.3 Å². The summed E-state index contributed by atoms with van der Waals surface area (Å²) >= 11 is 3.42. The second kappa shape index (κ2) is 7.95. The van der Waals surface area contributed by atoms with E-state index in [1.807, 2.05) is 26.0 Å². The summed E-state index contributed by atoms with van der Waals surface area (Å²) in [5, 5.41) is 24.4. The topological polar surface area (TPSA) is 123 Å². The van der Waals surface area contributed by atoms with Crippen molar-refractivity contribution in [1.82, 2.24) is 9.97 Å². The highest BCUT2D eigenvalue weighted by Gasteiger charge is 2.13. The molecule has 28 heavy (non-hydrogen) atoms. The molecule has 1 heterocycles. The summed E-state index contributed by atoms with van der Waals surface area (Å²) in [5.74, 6) is 1.09. The monoisotopic (exact) mass is 433 g/mol. The molecule has 138 valence electrons. The zero-order chi connectivity index (χ0) is 20.3. The number of aryl methyl sites for hydroxylation is 2. The van der Waals surface area contributed by atoms with Crippen molar-refractivity contribution < 1.29 is 0 Å². The van der Waals surface area contributed by atoms with Crippen LogP contribution >= 0.6 is 15.9 Å². The molecule has 0 aliphatic rings. The molecule has 0 saturated carbocycles. The molecule has 0 atom stereocenters. The molecule has 0 aliphatic carbocycles. The minimum absolute atomic E-state index is 0.276. The van der Waals surface area contributed by atoms with E-state index in [1.54, 1.807) is 24.3 Å². The first-order valence-electron chi connectivity index (χ1n) is 8.30. The standard InChI is InChI=1S/C20H16BrN7/c1-11-7-14(10-23)8-12(2)17(11)26-19-16(21)18(24)27-20(28-19)25-15-5-3-13(9-22)4-6-15/h3-8H,1-2H3,(H4,24,25,26,27,28). The maximum Gasteiger partial charge on any atom is 0.231 e. The minimum Gasteiger partial charge on any atom is -0.383 e. The normalized spacial score (nSPS) is 10.0. The third kappa shape index (κ3) is 4.03. The average molecular weight is 434 g/mol. The third-order valence-electron chi connectivity index (χ3n) is 4.05. The predicted octanol–water partition coefficient (Wildman–Crippen LogP) is 4.67. The number of benzene rings is 2. The Balaban J connectivity index is 1.94. The van der Waals surface area contributed by atoms with E-state index < -0.39 is 0 Å². The Bertz CT molecular complexity index is 1100. The molecule has 0 bridgehead atoms. The lowest BCUT2D eigenvalue weighted by atomic mass is 10.0. The molecular weight excluding hydrogens is 418 g/mol. The molecule has 0 saturated heterocycles. The summed E-state index contributed by atoms with van der Waals surface area (Å²) in [7, 11) is 0. The quantitative estimate of drug-likeness (QED) is 0.545. The van der Waals surface area contributed by atoms with E-state index in [-0.39, 0.29) is 5.82 Å². The van der Waals surface area contributed by atoms with Crippen LogP contribution in [-0.4, -0.2) is 9.97 Å². The number of aromatic nitrogens is 2. The van der Waals surface area contributed by atoms with Crippen molar-refractivity contribution in [3.05, 3.63) is 63.1 Å². The zero-order valence-corrected chi connectivity index (χ0v) is 16.8. The molecule has 0 spiro atoms. The van der Waals surface area contributed by atoms with Crippen molar-refractivity contribution in [2.75, 3.05) is 16.4 Å². The van der Waals surface area contributed by atoms with Gasteiger partial charge in [0.15, 0.2) is 5.82 Å². The second-order valence-corrected chi connectivity index (χ2v) is 6.92. The number of nitrogens with two attached hydrogens (primary N) is 1. The summed E-state index contributed by atoms with van der Waals surface area (Å²) in [5.41, 5.74) is 10.6. The van der Waals surface area contributed by atoms with E-state index in [4.69, 9.17) is 16.3 Å². The molecule has 3 aromatic rings. The van der Waals surface area contributed by atoms with Gasteiger partial charge in [0.05, 0.1) is 23.3 Å². The number of nitrogen functional groups attached to an aromatic ring is 1. The van der Waals surface area contributed by atoms with E-state index >= 15 is 0 Å². The summed E-state index contributed by atoms with van der Waals surface area (Å²) < 4.78 is 0.543. The molecule has 0 radical (unpaired) electrons. The zero-order valence-electron chi connectivity index (χ0n) is 15.2. The first-order valence-corrected chi connectivity index (χ1v) is 9.09. The highest BCUT2D eigenvalue weighted by atomic mass is 79.9. The SMILES string of the molecule is Cc1cc(C#N)cc(C)c1Nc1nc(Nc2ccc(C#N)cc2)nc(N)c1Br. The van der Waals surface area contributed by atoms with Crippen LogP contribution in [-0.2, 0) is 0 Å². The molecule has 2 aromatic carbocycles. The van der Waals surface area contributed by atoms with Crippen molar-refractivity contribution in [2.45, 2.75) is 13.8 Å². The molecule has 4 N–H and O–H groups in total. The van der Waals surface area contributed by atoms with Gasteiger partial charge in [-0.25, -0.2) is 0 Å². The Labute approximate surface area is 171 Å². The Morgan fingerprint density at radius 3 is 2.11 bits per heavy atom. The van der Waals surface area contributed by atoms with Crippen molar-refractivity contribution in [2.24, 2.45) is 0 Å². The number of hydrogen-bond donors (Lipinski definition) is 3. The Kier molecular flexibility index (Phi) is 5.44. The van der Waals surface area contributed by atoms with Crippen LogP contribution in [0.4, 0.5) is 29.0 Å². The van der Waals surface area contributed by atoms with Gasteiger partial charge >= 0.3 is 0 Å². The molecule has 0 amide bonds. The lowest BCUT2D eigenvalue weighted by Gasteiger charge is -2.16. The van der Waals surface area contributed by atoms with Gasteiger partial charge in [-0.3, -0.25) is 0 Å². The number of hydrogen-bond acceptors (Lipinski definition) is 7. The Morgan fingerprint density at radius 2 is 1.54 bits per heavy atom. The molecule has 3 rings (SSSR count). The first kappa shape index (κ1) is 19.2. The fourth-order valence-electron chi connectivity index (χ4n) is 2.70. The first-order chi connectivity index (χ1) is 13.4. The lowest BCUT2D eigenvalue weighted by molar-refractivity contribution is 1.15. The summed E-state index contributed by atoms with van der Waals surface area (Å²) in [6, 6.07) is 14.8. The largest absolute Gasteiger partial charge is 0.383 e. The Morgan fingerprint density at radius 1 is 0.929 bits per heavy atom. The number of rotatable bonds is 4. The van der Waals surface area contributed by atoms with Crippen LogP contribution in [0.5, 0.6) is 0 Å². The van der Waals surface area contributed by atoms with Crippen molar-refractivity contribution in [3.63, 3.8) is 0 Å². The van der Waals surface area contributed by atoms with E-state index in [9.17, 15) is 0 Å². The van der Waals surface area contributed by atoms with Gasteiger partial charge in [-0.2, -0.15) is 20.5 Å². The van der Waals surface area contributed by atoms with Crippen molar-refractivity contribution in [1.29, 1.82) is 10.5 Å². The van der Waals surface area contributed by atoms with Gasteiger partial charge in [0.2, 0.25) is 5.95 Å². The predicted molar refractivity (Wildman–Crippen MR) is 112 cm³/mol. The van der Waals surface area contributed by atoms with Crippen molar-refractivity contribution in [3.8, 4) is 12.1 Å². The van der Waals surface area contributed by atoms with Gasteiger partial charge in [0, 0.05) is 11.4 Å². The Hall–Kier alpha value is -3.62. The van der Waals surface area contributed by atoms with Crippen LogP contribution in [0.3, 0.4) is 0 Å². The lowest BCUT2D eigenvalue weighted by Crippen LogP contribution is -2.07. The van der Waals surface area contributed by atoms with E-state index in [0.29, 0.717) is 27.4 Å². The molecule has 0 aliphatic heterocycles. The number of nitrogens with one attached hydrogen (secondary N) is 2. The van der Waals surface area contributed by atoms with Gasteiger partial charge in [-0.15, -0.1) is 0 Å². The third-order valence-corrected chi connectivity index (χ3v) is 4.83. The molecule has 0 unspecified atom stereocenters. The van der Waals surface area contributed by atoms with Gasteiger partial charge < -0.3 is 16.4 Å². The van der Waals surface area contributed by atoms with E-state index in [1.165, 1.54) is 0 Å². The van der Waals surface area contributed by atoms with Crippen LogP contribution in [0.2, 0.25) is 0 Å². The average Bonchev–Trinajstić information content (AvgIpc) is 2.68. The summed E-state index contributed by atoms with van der Waals surface area (Å²) in [4.78, 5) is 8.75. The summed E-state index contributed by atoms with van der Waals surface area (Å²) in [6.07, 6.45) is 0. The van der Waals surface area contributed by atoms with Gasteiger partial charge in [0.25, 0.3) is 0 Å². The smallest absolute Gasteiger partial charge is 0.231 e. The van der Waals surface area contributed by atoms with Gasteiger partial charge in [0.1, 0.15) is 10.3 Å². The van der Waals surface area contributed by atoms with E-state index in [0.717, 1.165) is 22.5 Å². The maximum atomic E-state index is 9.12. The highest BCUT2D eigenvalue weighted by molar-refractivity contribution is 9.10. The molecule has 1 aromatic heterocycles. The second-order valence-electron chi connectivity index (χ2n) is 6.13. The molecule has 8 heteroatoms. The highest BCUT2D eigenvalue weighted by Crippen LogP contribution is 2.32. The van der Waals surface area contributed by atoms with Crippen LogP contribution in [0.15, 0.2) is 40.9 Å². The van der Waals surface area contributed by atoms with Crippen LogP contribution in [0.25, 0.3) is 0 Å². The van der Waals surface area contributed by atoms with Crippen molar-refractivity contribution >= 4 is 44.9 Å². The number of nitrogens with zero attached hydrogens (tertiary/aromatic N) is 4.